The summed E-state index contributed by atoms with van der Waals surface area (Å²) in [6.45, 7) is 12.4. The summed E-state index contributed by atoms with van der Waals surface area (Å²) in [6.07, 6.45) is 0.835. The van der Waals surface area contributed by atoms with Crippen molar-refractivity contribution < 1.29 is 9.22 Å². The molecule has 1 aliphatic rings. The maximum atomic E-state index is 12.0. The zero-order valence-electron chi connectivity index (χ0n) is 13.4. The molecule has 2 heterocycles. The Kier molecular flexibility index (Phi) is 4.65. The van der Waals surface area contributed by atoms with Crippen LogP contribution in [0, 0.1) is 0 Å². The van der Waals surface area contributed by atoms with E-state index in [9.17, 15) is 4.79 Å². The number of hydrogen-bond acceptors (Lipinski definition) is 3. The van der Waals surface area contributed by atoms with Gasteiger partial charge in [0.15, 0.2) is 8.32 Å². The number of hydrogen-bond donors (Lipinski definition) is 1. The van der Waals surface area contributed by atoms with E-state index in [1.54, 1.807) is 10.7 Å². The van der Waals surface area contributed by atoms with E-state index in [-0.39, 0.29) is 17.0 Å². The van der Waals surface area contributed by atoms with Crippen LogP contribution in [0.5, 0.6) is 0 Å². The van der Waals surface area contributed by atoms with Gasteiger partial charge in [0.05, 0.1) is 12.6 Å². The van der Waals surface area contributed by atoms with E-state index < -0.39 is 8.32 Å². The molecule has 0 aromatic carbocycles. The molecular formula is C14H24BrN3O2Si. The second-order valence-electron chi connectivity index (χ2n) is 7.07. The minimum absolute atomic E-state index is 0.0666. The highest BCUT2D eigenvalue weighted by molar-refractivity contribution is 9.10. The number of fused-ring (bicyclic) bond motifs is 1. The lowest BCUT2D eigenvalue weighted by Gasteiger charge is -2.37. The van der Waals surface area contributed by atoms with Gasteiger partial charge < -0.3 is 9.74 Å². The van der Waals surface area contributed by atoms with Crippen LogP contribution in [0.2, 0.25) is 18.1 Å². The number of rotatable bonds is 3. The highest BCUT2D eigenvalue weighted by Crippen LogP contribution is 2.37. The minimum Gasteiger partial charge on any atom is -0.415 e. The maximum absolute atomic E-state index is 12.0. The van der Waals surface area contributed by atoms with Crippen LogP contribution in [0.3, 0.4) is 0 Å². The molecule has 7 heteroatoms. The number of amides is 1. The standard InChI is InChI=1S/C14H24BrN3O2Si/c1-14(2,3)21(4,5)20-9-10-6-7-16-13(19)11-8-12(15)17-18(10)11/h8,10H,6-7,9H2,1-5H3,(H,16,19). The van der Waals surface area contributed by atoms with Crippen LogP contribution in [0.1, 0.15) is 43.7 Å². The Morgan fingerprint density at radius 1 is 1.52 bits per heavy atom. The normalized spacial score (nSPS) is 19.9. The average molecular weight is 374 g/mol. The molecule has 118 valence electrons. The molecule has 0 fully saturated rings. The molecule has 1 atom stereocenters. The van der Waals surface area contributed by atoms with E-state index in [0.717, 1.165) is 6.42 Å². The summed E-state index contributed by atoms with van der Waals surface area (Å²) in [5.41, 5.74) is 0.600. The highest BCUT2D eigenvalue weighted by atomic mass is 79.9. The second kappa shape index (κ2) is 5.85. The number of nitrogens with one attached hydrogen (secondary N) is 1. The third kappa shape index (κ3) is 3.57. The Morgan fingerprint density at radius 3 is 2.81 bits per heavy atom. The predicted molar refractivity (Wildman–Crippen MR) is 89.1 cm³/mol. The third-order valence-corrected chi connectivity index (χ3v) is 9.38. The Hall–Kier alpha value is -0.663. The monoisotopic (exact) mass is 373 g/mol. The van der Waals surface area contributed by atoms with Crippen molar-refractivity contribution in [2.75, 3.05) is 13.2 Å². The highest BCUT2D eigenvalue weighted by Gasteiger charge is 2.38. The van der Waals surface area contributed by atoms with Gasteiger partial charge in [-0.1, -0.05) is 20.8 Å². The molecule has 21 heavy (non-hydrogen) atoms. The van der Waals surface area contributed by atoms with Gasteiger partial charge >= 0.3 is 0 Å². The van der Waals surface area contributed by atoms with Crippen molar-refractivity contribution >= 4 is 30.2 Å². The van der Waals surface area contributed by atoms with Crippen molar-refractivity contribution in [1.29, 1.82) is 0 Å². The number of carbonyl (C=O) groups is 1. The molecule has 5 nitrogen and oxygen atoms in total. The molecule has 0 radical (unpaired) electrons. The Morgan fingerprint density at radius 2 is 2.19 bits per heavy atom. The molecule has 0 saturated heterocycles. The SMILES string of the molecule is CC(C)(C)[Si](C)(C)OCC1CCNC(=O)c2cc(Br)nn21. The minimum atomic E-state index is -1.79. The molecule has 1 aromatic rings. The summed E-state index contributed by atoms with van der Waals surface area (Å²) in [4.78, 5) is 12.0. The van der Waals surface area contributed by atoms with Gasteiger partial charge in [0, 0.05) is 12.6 Å². The van der Waals surface area contributed by atoms with Crippen molar-refractivity contribution in [3.63, 3.8) is 0 Å². The van der Waals surface area contributed by atoms with Crippen LogP contribution in [-0.2, 0) is 4.43 Å². The topological polar surface area (TPSA) is 56.1 Å². The Labute approximate surface area is 135 Å². The number of aromatic nitrogens is 2. The van der Waals surface area contributed by atoms with Crippen molar-refractivity contribution in [3.05, 3.63) is 16.4 Å². The molecule has 2 rings (SSSR count). The first kappa shape index (κ1) is 16.7. The van der Waals surface area contributed by atoms with Crippen LogP contribution < -0.4 is 5.32 Å². The summed E-state index contributed by atoms with van der Waals surface area (Å²) in [5.74, 6) is -0.0666. The molecule has 0 spiro atoms. The van der Waals surface area contributed by atoms with Crippen molar-refractivity contribution in [1.82, 2.24) is 15.1 Å². The number of halogens is 1. The van der Waals surface area contributed by atoms with Crippen molar-refractivity contribution in [3.8, 4) is 0 Å². The van der Waals surface area contributed by atoms with E-state index in [1.165, 1.54) is 0 Å². The van der Waals surface area contributed by atoms with Gasteiger partial charge in [0.1, 0.15) is 10.3 Å². The Balaban J connectivity index is 2.17. The van der Waals surface area contributed by atoms with Gasteiger partial charge in [-0.3, -0.25) is 9.48 Å². The van der Waals surface area contributed by atoms with Crippen LogP contribution >= 0.6 is 15.9 Å². The molecule has 1 aromatic heterocycles. The van der Waals surface area contributed by atoms with Gasteiger partial charge in [0.25, 0.3) is 5.91 Å². The molecule has 1 aliphatic heterocycles. The molecule has 1 unspecified atom stereocenters. The fourth-order valence-corrected chi connectivity index (χ4v) is 3.48. The van der Waals surface area contributed by atoms with E-state index in [4.69, 9.17) is 4.43 Å². The first-order valence-electron chi connectivity index (χ1n) is 7.29. The van der Waals surface area contributed by atoms with Crippen molar-refractivity contribution in [2.24, 2.45) is 0 Å². The predicted octanol–water partition coefficient (Wildman–Crippen LogP) is 3.34. The van der Waals surface area contributed by atoms with Crippen molar-refractivity contribution in [2.45, 2.75) is 51.4 Å². The van der Waals surface area contributed by atoms with Crippen LogP contribution in [-0.4, -0.2) is 37.2 Å². The first-order chi connectivity index (χ1) is 9.62. The van der Waals surface area contributed by atoms with Gasteiger partial charge in [-0.15, -0.1) is 0 Å². The lowest BCUT2D eigenvalue weighted by Crippen LogP contribution is -2.42. The maximum Gasteiger partial charge on any atom is 0.269 e. The van der Waals surface area contributed by atoms with E-state index in [1.807, 2.05) is 0 Å². The number of nitrogens with zero attached hydrogens (tertiary/aromatic N) is 2. The molecule has 1 N–H and O–H groups in total. The summed E-state index contributed by atoms with van der Waals surface area (Å²) in [6, 6.07) is 1.86. The average Bonchev–Trinajstić information content (AvgIpc) is 2.67. The fourth-order valence-electron chi connectivity index (χ4n) is 2.05. The molecule has 0 saturated carbocycles. The van der Waals surface area contributed by atoms with Crippen LogP contribution in [0.25, 0.3) is 0 Å². The molecular weight excluding hydrogens is 350 g/mol. The molecule has 0 bridgehead atoms. The summed E-state index contributed by atoms with van der Waals surface area (Å²) in [5, 5.41) is 7.50. The first-order valence-corrected chi connectivity index (χ1v) is 11.0. The fraction of sp³-hybridized carbons (Fsp3) is 0.714. The lowest BCUT2D eigenvalue weighted by molar-refractivity contribution is 0.0950. The van der Waals surface area contributed by atoms with Gasteiger partial charge in [-0.2, -0.15) is 5.10 Å². The second-order valence-corrected chi connectivity index (χ2v) is 12.7. The molecule has 1 amide bonds. The van der Waals surface area contributed by atoms with E-state index >= 15 is 0 Å². The number of carbonyl (C=O) groups excluding carboxylic acids is 1. The largest absolute Gasteiger partial charge is 0.415 e. The quantitative estimate of drug-likeness (QED) is 0.826. The summed E-state index contributed by atoms with van der Waals surface area (Å²) >= 11 is 3.35. The summed E-state index contributed by atoms with van der Waals surface area (Å²) < 4.78 is 8.81. The summed E-state index contributed by atoms with van der Waals surface area (Å²) in [7, 11) is -1.79. The van der Waals surface area contributed by atoms with Crippen LogP contribution in [0.4, 0.5) is 0 Å². The third-order valence-electron chi connectivity index (χ3n) is 4.49. The van der Waals surface area contributed by atoms with Gasteiger partial charge in [-0.05, 0) is 40.5 Å². The molecule has 0 aliphatic carbocycles. The van der Waals surface area contributed by atoms with Crippen LogP contribution in [0.15, 0.2) is 10.7 Å². The van der Waals surface area contributed by atoms with Gasteiger partial charge in [-0.25, -0.2) is 0 Å². The Bertz CT molecular complexity index is 537. The lowest BCUT2D eigenvalue weighted by atomic mass is 10.2. The van der Waals surface area contributed by atoms with Gasteiger partial charge in [0.2, 0.25) is 0 Å². The zero-order valence-corrected chi connectivity index (χ0v) is 16.0. The smallest absolute Gasteiger partial charge is 0.269 e. The van der Waals surface area contributed by atoms with E-state index in [0.29, 0.717) is 23.4 Å². The zero-order chi connectivity index (χ0) is 15.8. The van der Waals surface area contributed by atoms with E-state index in [2.05, 4.69) is 60.2 Å².